The summed E-state index contributed by atoms with van der Waals surface area (Å²) in [5.74, 6) is 0. The number of fused-ring (bicyclic) bond motifs is 3. The number of ether oxygens (including phenoxy) is 2. The van der Waals surface area contributed by atoms with Gasteiger partial charge in [-0.25, -0.2) is 4.79 Å². The van der Waals surface area contributed by atoms with Crippen molar-refractivity contribution in [1.29, 1.82) is 0 Å². The summed E-state index contributed by atoms with van der Waals surface area (Å²) < 4.78 is 46.7. The first kappa shape index (κ1) is 18.3. The molecule has 0 aromatic heterocycles. The molecular formula is C13H22N4O8S. The Labute approximate surface area is 150 Å². The second-order valence-electron chi connectivity index (χ2n) is 7.04. The smallest absolute Gasteiger partial charge is 0.380 e. The first-order chi connectivity index (χ1) is 12.3. The lowest BCUT2D eigenvalue weighted by Gasteiger charge is -2.50. The average Bonchev–Trinajstić information content (AvgIpc) is 3.27. The van der Waals surface area contributed by atoms with Crippen LogP contribution in [-0.2, 0) is 29.0 Å². The zero-order chi connectivity index (χ0) is 18.5. The largest absolute Gasteiger partial charge is 0.418 e. The Morgan fingerprint density at radius 3 is 2.81 bits per heavy atom. The van der Waals surface area contributed by atoms with E-state index in [1.54, 1.807) is 0 Å². The molecule has 4 aliphatic rings. The number of epoxide rings is 1. The van der Waals surface area contributed by atoms with Gasteiger partial charge in [-0.3, -0.25) is 9.39 Å². The third-order valence-corrected chi connectivity index (χ3v) is 5.67. The van der Waals surface area contributed by atoms with Crippen molar-refractivity contribution in [3.63, 3.8) is 0 Å². The van der Waals surface area contributed by atoms with E-state index in [0.717, 1.165) is 5.06 Å². The van der Waals surface area contributed by atoms with Gasteiger partial charge in [0, 0.05) is 12.0 Å². The number of nitrogens with zero attached hydrogens (tertiary/aromatic N) is 2. The van der Waals surface area contributed by atoms with Gasteiger partial charge in [-0.2, -0.15) is 19.0 Å². The number of carbonyl (C=O) groups excluding carboxylic acids is 1. The fourth-order valence-electron chi connectivity index (χ4n) is 3.94. The van der Waals surface area contributed by atoms with Crippen LogP contribution in [0.4, 0.5) is 4.79 Å². The van der Waals surface area contributed by atoms with E-state index in [2.05, 4.69) is 9.76 Å². The fraction of sp³-hybridized carbons (Fsp3) is 0.923. The SMILES string of the molecule is NCCCONC1OC1C1CC2(COC2)C2CN1C(=O)N2OS(=O)(=O)O. The van der Waals surface area contributed by atoms with Crippen molar-refractivity contribution in [2.75, 3.05) is 32.9 Å². The molecule has 4 saturated heterocycles. The summed E-state index contributed by atoms with van der Waals surface area (Å²) in [5.41, 5.74) is 7.77. The van der Waals surface area contributed by atoms with Crippen LogP contribution >= 0.6 is 0 Å². The molecule has 4 heterocycles. The minimum absolute atomic E-state index is 0.270. The summed E-state index contributed by atoms with van der Waals surface area (Å²) in [6, 6.07) is -1.39. The number of carbonyl (C=O) groups is 1. The molecule has 4 rings (SSSR count). The minimum Gasteiger partial charge on any atom is -0.380 e. The van der Waals surface area contributed by atoms with Gasteiger partial charge in [0.2, 0.25) is 0 Å². The van der Waals surface area contributed by atoms with Crippen molar-refractivity contribution in [2.45, 2.75) is 37.3 Å². The van der Waals surface area contributed by atoms with E-state index < -0.39 is 27.9 Å². The molecule has 4 aliphatic heterocycles. The molecule has 26 heavy (non-hydrogen) atoms. The molecule has 0 radical (unpaired) electrons. The lowest BCUT2D eigenvalue weighted by Crippen LogP contribution is -2.62. The molecule has 4 N–H and O–H groups in total. The zero-order valence-electron chi connectivity index (χ0n) is 13.9. The summed E-state index contributed by atoms with van der Waals surface area (Å²) in [6.07, 6.45) is 0.667. The first-order valence-electron chi connectivity index (χ1n) is 8.42. The van der Waals surface area contributed by atoms with Crippen molar-refractivity contribution in [3.05, 3.63) is 0 Å². The van der Waals surface area contributed by atoms with Crippen molar-refractivity contribution >= 4 is 16.4 Å². The summed E-state index contributed by atoms with van der Waals surface area (Å²) in [7, 11) is -4.80. The Kier molecular flexibility index (Phi) is 4.60. The molecule has 12 nitrogen and oxygen atoms in total. The quantitative estimate of drug-likeness (QED) is 0.186. The van der Waals surface area contributed by atoms with Crippen LogP contribution in [0.3, 0.4) is 0 Å². The van der Waals surface area contributed by atoms with Gasteiger partial charge in [0.05, 0.1) is 31.9 Å². The molecule has 13 heteroatoms. The van der Waals surface area contributed by atoms with Gasteiger partial charge in [-0.05, 0) is 19.4 Å². The van der Waals surface area contributed by atoms with Gasteiger partial charge in [0.25, 0.3) is 0 Å². The number of hydroxylamine groups is 3. The van der Waals surface area contributed by atoms with Crippen LogP contribution in [0, 0.1) is 5.41 Å². The van der Waals surface area contributed by atoms with Crippen LogP contribution in [0.5, 0.6) is 0 Å². The zero-order valence-corrected chi connectivity index (χ0v) is 14.8. The highest BCUT2D eigenvalue weighted by Gasteiger charge is 2.65. The van der Waals surface area contributed by atoms with E-state index in [-0.39, 0.29) is 24.9 Å². The van der Waals surface area contributed by atoms with Gasteiger partial charge in [-0.1, -0.05) is 0 Å². The summed E-state index contributed by atoms with van der Waals surface area (Å²) in [5, 5.41) is 0.750. The topological polar surface area (TPSA) is 156 Å². The minimum atomic E-state index is -4.80. The van der Waals surface area contributed by atoms with Gasteiger partial charge in [0.1, 0.15) is 6.10 Å². The van der Waals surface area contributed by atoms with Crippen LogP contribution in [0.2, 0.25) is 0 Å². The van der Waals surface area contributed by atoms with Crippen molar-refractivity contribution in [2.24, 2.45) is 11.1 Å². The predicted molar refractivity (Wildman–Crippen MR) is 83.4 cm³/mol. The number of urea groups is 1. The monoisotopic (exact) mass is 394 g/mol. The molecule has 148 valence electrons. The first-order valence-corrected chi connectivity index (χ1v) is 9.79. The van der Waals surface area contributed by atoms with Gasteiger partial charge >= 0.3 is 16.4 Å². The van der Waals surface area contributed by atoms with Crippen molar-refractivity contribution in [3.8, 4) is 0 Å². The summed E-state index contributed by atoms with van der Waals surface area (Å²) in [4.78, 5) is 19.4. The van der Waals surface area contributed by atoms with Crippen LogP contribution in [-0.4, -0.2) is 86.3 Å². The molecule has 0 aromatic rings. The van der Waals surface area contributed by atoms with Gasteiger partial charge in [0.15, 0.2) is 6.23 Å². The molecule has 0 aliphatic carbocycles. The van der Waals surface area contributed by atoms with Crippen LogP contribution < -0.4 is 11.2 Å². The van der Waals surface area contributed by atoms with Gasteiger partial charge in [-0.15, -0.1) is 4.28 Å². The number of rotatable bonds is 8. The van der Waals surface area contributed by atoms with Crippen molar-refractivity contribution < 1.29 is 36.4 Å². The number of hydrogen-bond acceptors (Lipinski definition) is 9. The maximum atomic E-state index is 12.6. The van der Waals surface area contributed by atoms with E-state index in [4.69, 9.17) is 24.6 Å². The molecule has 1 spiro atoms. The number of piperidine rings is 1. The van der Waals surface area contributed by atoms with Gasteiger partial charge < -0.3 is 20.1 Å². The second kappa shape index (κ2) is 6.53. The summed E-state index contributed by atoms with van der Waals surface area (Å²) in [6.45, 7) is 2.03. The van der Waals surface area contributed by atoms with Crippen LogP contribution in [0.15, 0.2) is 0 Å². The number of nitrogens with two attached hydrogens (primary N) is 1. The Bertz CT molecular complexity index is 671. The second-order valence-corrected chi connectivity index (χ2v) is 8.04. The molecule has 2 amide bonds. The maximum Gasteiger partial charge on any atom is 0.418 e. The van der Waals surface area contributed by atoms with E-state index in [0.29, 0.717) is 39.2 Å². The Balaban J connectivity index is 1.45. The lowest BCUT2D eigenvalue weighted by molar-refractivity contribution is -0.192. The highest BCUT2D eigenvalue weighted by molar-refractivity contribution is 7.80. The molecule has 4 atom stereocenters. The highest BCUT2D eigenvalue weighted by Crippen LogP contribution is 2.50. The number of hydrogen-bond donors (Lipinski definition) is 3. The number of amides is 2. The Morgan fingerprint density at radius 2 is 2.19 bits per heavy atom. The third kappa shape index (κ3) is 3.18. The van der Waals surface area contributed by atoms with Crippen LogP contribution in [0.1, 0.15) is 12.8 Å². The third-order valence-electron chi connectivity index (χ3n) is 5.32. The summed E-state index contributed by atoms with van der Waals surface area (Å²) >= 11 is 0. The Morgan fingerprint density at radius 1 is 1.42 bits per heavy atom. The standard InChI is InChI=1S/C13H22N4O8S/c14-2-1-3-23-15-11-10(24-11)8-4-13(6-22-7-13)9-5-16(8)12(18)17(9)25-26(19,20)21/h8-11,15H,1-7,14H2,(H,19,20,21). The van der Waals surface area contributed by atoms with E-state index in [9.17, 15) is 13.2 Å². The molecule has 2 bridgehead atoms. The molecule has 0 aromatic carbocycles. The van der Waals surface area contributed by atoms with Crippen molar-refractivity contribution in [1.82, 2.24) is 15.4 Å². The molecular weight excluding hydrogens is 372 g/mol. The van der Waals surface area contributed by atoms with E-state index >= 15 is 0 Å². The lowest BCUT2D eigenvalue weighted by atomic mass is 9.70. The molecule has 4 fully saturated rings. The Hall–Kier alpha value is -1.06. The molecule has 4 unspecified atom stereocenters. The predicted octanol–water partition coefficient (Wildman–Crippen LogP) is -1.79. The van der Waals surface area contributed by atoms with E-state index in [1.807, 2.05) is 0 Å². The fourth-order valence-corrected chi connectivity index (χ4v) is 4.31. The normalized spacial score (nSPS) is 35.1. The highest BCUT2D eigenvalue weighted by atomic mass is 32.3. The number of nitrogens with one attached hydrogen (secondary N) is 1. The van der Waals surface area contributed by atoms with Crippen LogP contribution in [0.25, 0.3) is 0 Å². The average molecular weight is 394 g/mol. The maximum absolute atomic E-state index is 12.6. The molecule has 0 saturated carbocycles. The van der Waals surface area contributed by atoms with E-state index in [1.165, 1.54) is 4.90 Å².